The van der Waals surface area contributed by atoms with Crippen molar-refractivity contribution in [3.05, 3.63) is 41.8 Å². The highest BCUT2D eigenvalue weighted by molar-refractivity contribution is 7.93. The van der Waals surface area contributed by atoms with Gasteiger partial charge in [-0.15, -0.1) is 0 Å². The van der Waals surface area contributed by atoms with Gasteiger partial charge < -0.3 is 9.42 Å². The lowest BCUT2D eigenvalue weighted by Gasteiger charge is -2.38. The van der Waals surface area contributed by atoms with E-state index in [9.17, 15) is 8.42 Å². The molecule has 0 radical (unpaired) electrons. The number of aromatic nitrogens is 1. The average molecular weight is 363 g/mol. The molecule has 1 aromatic carbocycles. The zero-order chi connectivity index (χ0) is 18.0. The maximum atomic E-state index is 13.5. The van der Waals surface area contributed by atoms with Crippen molar-refractivity contribution in [3.8, 4) is 0 Å². The second kappa shape index (κ2) is 7.17. The summed E-state index contributed by atoms with van der Waals surface area (Å²) in [6, 6.07) is 9.26. The monoisotopic (exact) mass is 363 g/mol. The Balaban J connectivity index is 2.03. The first kappa shape index (κ1) is 17.9. The molecule has 1 saturated heterocycles. The molecule has 0 unspecified atom stereocenters. The SMILES string of the molecule is CCN1CCC(N(c2ccccc2)S(=O)(=O)c2c(C)noc2C)CC1. The highest BCUT2D eigenvalue weighted by atomic mass is 32.2. The number of sulfonamides is 1. The van der Waals surface area contributed by atoms with Crippen LogP contribution in [0.25, 0.3) is 0 Å². The molecule has 1 fully saturated rings. The summed E-state index contributed by atoms with van der Waals surface area (Å²) in [6.45, 7) is 8.26. The highest BCUT2D eigenvalue weighted by Gasteiger charge is 2.37. The number of para-hydroxylation sites is 1. The summed E-state index contributed by atoms with van der Waals surface area (Å²) < 4.78 is 33.7. The molecule has 0 N–H and O–H groups in total. The molecule has 0 amide bonds. The number of rotatable bonds is 5. The van der Waals surface area contributed by atoms with Gasteiger partial charge in [-0.25, -0.2) is 8.42 Å². The Morgan fingerprint density at radius 3 is 2.36 bits per heavy atom. The fourth-order valence-corrected chi connectivity index (χ4v) is 5.54. The first-order valence-corrected chi connectivity index (χ1v) is 10.1. The lowest BCUT2D eigenvalue weighted by molar-refractivity contribution is 0.224. The van der Waals surface area contributed by atoms with Crippen LogP contribution in [-0.4, -0.2) is 44.2 Å². The third-order valence-corrected chi connectivity index (χ3v) is 6.96. The lowest BCUT2D eigenvalue weighted by Crippen LogP contribution is -2.47. The minimum atomic E-state index is -3.74. The molecule has 0 atom stereocenters. The topological polar surface area (TPSA) is 66.7 Å². The summed E-state index contributed by atoms with van der Waals surface area (Å²) >= 11 is 0. The summed E-state index contributed by atoms with van der Waals surface area (Å²) in [5.74, 6) is 0.337. The smallest absolute Gasteiger partial charge is 0.269 e. The van der Waals surface area contributed by atoms with Gasteiger partial charge >= 0.3 is 0 Å². The van der Waals surface area contributed by atoms with Crippen LogP contribution in [0.15, 0.2) is 39.8 Å². The van der Waals surface area contributed by atoms with E-state index < -0.39 is 10.0 Å². The highest BCUT2D eigenvalue weighted by Crippen LogP contribution is 2.32. The molecular formula is C18H25N3O3S. The van der Waals surface area contributed by atoms with E-state index in [1.165, 1.54) is 0 Å². The number of hydrogen-bond donors (Lipinski definition) is 0. The molecule has 0 bridgehead atoms. The second-order valence-corrected chi connectivity index (χ2v) is 8.21. The van der Waals surface area contributed by atoms with Crippen LogP contribution in [0.5, 0.6) is 0 Å². The van der Waals surface area contributed by atoms with E-state index >= 15 is 0 Å². The van der Waals surface area contributed by atoms with Crippen LogP contribution in [0.3, 0.4) is 0 Å². The predicted octanol–water partition coefficient (Wildman–Crippen LogP) is 2.97. The molecule has 6 nitrogen and oxygen atoms in total. The van der Waals surface area contributed by atoms with Gasteiger partial charge in [0.05, 0.1) is 5.69 Å². The van der Waals surface area contributed by atoms with Crippen molar-refractivity contribution in [3.63, 3.8) is 0 Å². The molecule has 25 heavy (non-hydrogen) atoms. The molecule has 1 aromatic heterocycles. The summed E-state index contributed by atoms with van der Waals surface area (Å²) in [5.41, 5.74) is 1.10. The Morgan fingerprint density at radius 1 is 1.20 bits per heavy atom. The number of nitrogens with zero attached hydrogens (tertiary/aromatic N) is 3. The average Bonchev–Trinajstić information content (AvgIpc) is 2.96. The van der Waals surface area contributed by atoms with E-state index in [1.54, 1.807) is 18.2 Å². The van der Waals surface area contributed by atoms with Crippen molar-refractivity contribution in [2.45, 2.75) is 44.6 Å². The molecule has 2 aromatic rings. The van der Waals surface area contributed by atoms with Crippen molar-refractivity contribution in [2.75, 3.05) is 23.9 Å². The van der Waals surface area contributed by atoms with Gasteiger partial charge in [-0.05, 0) is 45.4 Å². The van der Waals surface area contributed by atoms with Crippen LogP contribution >= 0.6 is 0 Å². The van der Waals surface area contributed by atoms with E-state index in [2.05, 4.69) is 17.0 Å². The first-order chi connectivity index (χ1) is 11.9. The normalized spacial score (nSPS) is 16.9. The summed E-state index contributed by atoms with van der Waals surface area (Å²) in [7, 11) is -3.74. The van der Waals surface area contributed by atoms with Crippen molar-refractivity contribution in [1.29, 1.82) is 0 Å². The van der Waals surface area contributed by atoms with Gasteiger partial charge in [0.1, 0.15) is 5.69 Å². The minimum Gasteiger partial charge on any atom is -0.360 e. The number of hydrogen-bond acceptors (Lipinski definition) is 5. The zero-order valence-corrected chi connectivity index (χ0v) is 15.8. The van der Waals surface area contributed by atoms with E-state index in [-0.39, 0.29) is 10.9 Å². The molecule has 7 heteroatoms. The van der Waals surface area contributed by atoms with Crippen molar-refractivity contribution >= 4 is 15.7 Å². The van der Waals surface area contributed by atoms with Gasteiger partial charge in [0.2, 0.25) is 0 Å². The van der Waals surface area contributed by atoms with E-state index in [0.717, 1.165) is 32.5 Å². The van der Waals surface area contributed by atoms with Crippen LogP contribution in [-0.2, 0) is 10.0 Å². The lowest BCUT2D eigenvalue weighted by atomic mass is 10.0. The Labute approximate surface area is 149 Å². The molecule has 0 aliphatic carbocycles. The third kappa shape index (κ3) is 3.43. The maximum Gasteiger partial charge on any atom is 0.269 e. The number of anilines is 1. The molecular weight excluding hydrogens is 338 g/mol. The third-order valence-electron chi connectivity index (χ3n) is 4.83. The molecule has 3 rings (SSSR count). The van der Waals surface area contributed by atoms with Crippen LogP contribution in [0, 0.1) is 13.8 Å². The maximum absolute atomic E-state index is 13.5. The number of likely N-dealkylation sites (tertiary alicyclic amines) is 1. The fourth-order valence-electron chi connectivity index (χ4n) is 3.53. The van der Waals surface area contributed by atoms with Gasteiger partial charge in [0, 0.05) is 19.1 Å². The molecule has 0 spiro atoms. The molecule has 1 aliphatic heterocycles. The first-order valence-electron chi connectivity index (χ1n) is 8.70. The van der Waals surface area contributed by atoms with Crippen LogP contribution in [0.2, 0.25) is 0 Å². The van der Waals surface area contributed by atoms with Gasteiger partial charge in [-0.1, -0.05) is 30.3 Å². The van der Waals surface area contributed by atoms with Gasteiger partial charge in [0.15, 0.2) is 10.7 Å². The summed E-state index contributed by atoms with van der Waals surface area (Å²) in [6.07, 6.45) is 1.62. The van der Waals surface area contributed by atoms with Gasteiger partial charge in [0.25, 0.3) is 10.0 Å². The Kier molecular flexibility index (Phi) is 5.15. The largest absolute Gasteiger partial charge is 0.360 e. The zero-order valence-electron chi connectivity index (χ0n) is 15.0. The molecule has 0 saturated carbocycles. The van der Waals surface area contributed by atoms with Crippen LogP contribution in [0.1, 0.15) is 31.2 Å². The minimum absolute atomic E-state index is 0.0658. The van der Waals surface area contributed by atoms with E-state index in [4.69, 9.17) is 4.52 Å². The Bertz CT molecular complexity index is 790. The predicted molar refractivity (Wildman–Crippen MR) is 97.2 cm³/mol. The van der Waals surface area contributed by atoms with E-state index in [1.807, 2.05) is 30.3 Å². The molecule has 2 heterocycles. The standard InChI is InChI=1S/C18H25N3O3S/c1-4-20-12-10-17(11-13-20)21(16-8-6-5-7-9-16)25(22,23)18-14(2)19-24-15(18)3/h5-9,17H,4,10-13H2,1-3H3. The number of benzene rings is 1. The van der Waals surface area contributed by atoms with Crippen LogP contribution < -0.4 is 4.31 Å². The van der Waals surface area contributed by atoms with E-state index in [0.29, 0.717) is 17.1 Å². The molecule has 136 valence electrons. The second-order valence-electron chi connectivity index (χ2n) is 6.46. The number of aryl methyl sites for hydroxylation is 2. The van der Waals surface area contributed by atoms with Crippen molar-refractivity contribution in [2.24, 2.45) is 0 Å². The van der Waals surface area contributed by atoms with Crippen molar-refractivity contribution < 1.29 is 12.9 Å². The summed E-state index contributed by atoms with van der Waals surface area (Å²) in [4.78, 5) is 2.54. The Hall–Kier alpha value is -1.86. The number of piperidine rings is 1. The fraction of sp³-hybridized carbons (Fsp3) is 0.500. The van der Waals surface area contributed by atoms with Crippen LogP contribution in [0.4, 0.5) is 5.69 Å². The Morgan fingerprint density at radius 2 is 1.84 bits per heavy atom. The van der Waals surface area contributed by atoms with Gasteiger partial charge in [-0.3, -0.25) is 4.31 Å². The molecule has 1 aliphatic rings. The van der Waals surface area contributed by atoms with Crippen molar-refractivity contribution in [1.82, 2.24) is 10.1 Å². The van der Waals surface area contributed by atoms with Gasteiger partial charge in [-0.2, -0.15) is 0 Å². The quantitative estimate of drug-likeness (QED) is 0.817. The summed E-state index contributed by atoms with van der Waals surface area (Å²) in [5, 5.41) is 3.84.